The molecule has 1 aliphatic carbocycles. The number of nitrogens with two attached hydrogens (primary N) is 1. The predicted octanol–water partition coefficient (Wildman–Crippen LogP) is 1.69. The van der Waals surface area contributed by atoms with Crippen LogP contribution < -0.4 is 11.3 Å². The van der Waals surface area contributed by atoms with Crippen molar-refractivity contribution in [1.82, 2.24) is 10.4 Å². The summed E-state index contributed by atoms with van der Waals surface area (Å²) in [4.78, 5) is 9.69. The van der Waals surface area contributed by atoms with E-state index in [0.717, 1.165) is 10.7 Å². The zero-order valence-corrected chi connectivity index (χ0v) is 9.46. The third-order valence-electron chi connectivity index (χ3n) is 2.69. The molecule has 3 N–H and O–H groups in total. The zero-order valence-electron chi connectivity index (χ0n) is 8.65. The number of aromatic nitrogens is 1. The molecule has 0 unspecified atom stereocenters. The molecule has 2 rings (SSSR count). The molecular weight excluding hydrogens is 208 g/mol. The van der Waals surface area contributed by atoms with Gasteiger partial charge in [0.1, 0.15) is 0 Å². The Labute approximate surface area is 93.6 Å². The van der Waals surface area contributed by atoms with Gasteiger partial charge >= 0.3 is 0 Å². The first-order chi connectivity index (χ1) is 7.40. The van der Waals surface area contributed by atoms with Crippen molar-refractivity contribution in [1.29, 1.82) is 0 Å². The summed E-state index contributed by atoms with van der Waals surface area (Å²) in [5, 5.41) is 0. The first-order valence-corrected chi connectivity index (χ1v) is 6.21. The molecule has 0 saturated heterocycles. The van der Waals surface area contributed by atoms with Crippen LogP contribution >= 0.6 is 11.3 Å². The Morgan fingerprint density at radius 3 is 2.87 bits per heavy atom. The number of hydrazine groups is 1. The first kappa shape index (κ1) is 10.6. The summed E-state index contributed by atoms with van der Waals surface area (Å²) in [7, 11) is 0. The Hall–Kier alpha value is -0.940. The van der Waals surface area contributed by atoms with Gasteiger partial charge in [0, 0.05) is 6.20 Å². The minimum atomic E-state index is 0.437. The average molecular weight is 224 g/mol. The normalized spacial score (nSPS) is 19.1. The van der Waals surface area contributed by atoms with Crippen LogP contribution in [0.1, 0.15) is 37.0 Å². The van der Waals surface area contributed by atoms with Gasteiger partial charge in [-0.2, -0.15) is 0 Å². The molecule has 0 spiro atoms. The van der Waals surface area contributed by atoms with E-state index in [1.807, 2.05) is 0 Å². The lowest BCUT2D eigenvalue weighted by Crippen LogP contribution is -2.32. The predicted molar refractivity (Wildman–Crippen MR) is 62.8 cm³/mol. The lowest BCUT2D eigenvalue weighted by atomic mass is 9.96. The summed E-state index contributed by atoms with van der Waals surface area (Å²) in [6.07, 6.45) is 8.08. The highest BCUT2D eigenvalue weighted by Crippen LogP contribution is 2.21. The number of nitrogens with zero attached hydrogens (tertiary/aromatic N) is 2. The minimum absolute atomic E-state index is 0.437. The molecule has 0 bridgehead atoms. The van der Waals surface area contributed by atoms with E-state index in [-0.39, 0.29) is 0 Å². The maximum atomic E-state index is 5.48. The fourth-order valence-corrected chi connectivity index (χ4v) is 2.48. The fraction of sp³-hybridized carbons (Fsp3) is 0.600. The van der Waals surface area contributed by atoms with E-state index >= 15 is 0 Å². The molecule has 0 aromatic carbocycles. The van der Waals surface area contributed by atoms with Gasteiger partial charge in [0.25, 0.3) is 0 Å². The van der Waals surface area contributed by atoms with Gasteiger partial charge in [-0.3, -0.25) is 9.98 Å². The number of rotatable bonds is 2. The fourth-order valence-electron chi connectivity index (χ4n) is 1.90. The Balaban J connectivity index is 2.08. The van der Waals surface area contributed by atoms with Crippen molar-refractivity contribution in [2.45, 2.75) is 38.1 Å². The lowest BCUT2D eigenvalue weighted by molar-refractivity contribution is 0.442. The minimum Gasteiger partial charge on any atom is -0.308 e. The number of nitrogens with one attached hydrogen (secondary N) is 1. The van der Waals surface area contributed by atoms with E-state index in [2.05, 4.69) is 15.4 Å². The highest BCUT2D eigenvalue weighted by atomic mass is 32.1. The zero-order chi connectivity index (χ0) is 10.5. The molecular formula is C10H16N4S. The Morgan fingerprint density at radius 1 is 1.47 bits per heavy atom. The van der Waals surface area contributed by atoms with Gasteiger partial charge in [-0.1, -0.05) is 19.3 Å². The van der Waals surface area contributed by atoms with E-state index in [1.165, 1.54) is 32.1 Å². The molecule has 1 fully saturated rings. The summed E-state index contributed by atoms with van der Waals surface area (Å²) < 4.78 is 0. The van der Waals surface area contributed by atoms with Crippen molar-refractivity contribution in [2.24, 2.45) is 10.8 Å². The smallest absolute Gasteiger partial charge is 0.154 e. The Morgan fingerprint density at radius 2 is 2.27 bits per heavy atom. The summed E-state index contributed by atoms with van der Waals surface area (Å²) in [5.74, 6) is 6.26. The SMILES string of the molecule is NNC(=NC1CCCCC1)c1cncs1. The Bertz CT molecular complexity index is 314. The molecule has 1 aliphatic rings. The van der Waals surface area contributed by atoms with E-state index in [0.29, 0.717) is 6.04 Å². The summed E-state index contributed by atoms with van der Waals surface area (Å²) in [6.45, 7) is 0. The van der Waals surface area contributed by atoms with Crippen LogP contribution in [0.25, 0.3) is 0 Å². The summed E-state index contributed by atoms with van der Waals surface area (Å²) in [5.41, 5.74) is 4.47. The third-order valence-corrected chi connectivity index (χ3v) is 3.47. The molecule has 0 amide bonds. The maximum Gasteiger partial charge on any atom is 0.154 e. The summed E-state index contributed by atoms with van der Waals surface area (Å²) in [6, 6.07) is 0.437. The molecule has 4 nitrogen and oxygen atoms in total. The van der Waals surface area contributed by atoms with Crippen LogP contribution in [0.15, 0.2) is 16.7 Å². The number of aliphatic imine (C=N–C) groups is 1. The summed E-state index contributed by atoms with van der Waals surface area (Å²) >= 11 is 1.56. The van der Waals surface area contributed by atoms with Crippen LogP contribution in [-0.4, -0.2) is 16.9 Å². The second kappa shape index (κ2) is 5.23. The second-order valence-electron chi connectivity index (χ2n) is 3.78. The van der Waals surface area contributed by atoms with Gasteiger partial charge in [-0.05, 0) is 12.8 Å². The standard InChI is InChI=1S/C10H16N4S/c11-14-10(9-6-12-7-15-9)13-8-4-2-1-3-5-8/h6-8H,1-5,11H2,(H,13,14). The van der Waals surface area contributed by atoms with Gasteiger partial charge < -0.3 is 5.43 Å². The van der Waals surface area contributed by atoms with Crippen molar-refractivity contribution < 1.29 is 0 Å². The van der Waals surface area contributed by atoms with Crippen LogP contribution in [0.5, 0.6) is 0 Å². The van der Waals surface area contributed by atoms with Gasteiger partial charge in [0.05, 0.1) is 16.4 Å². The van der Waals surface area contributed by atoms with Crippen LogP contribution in [0.4, 0.5) is 0 Å². The van der Waals surface area contributed by atoms with Crippen molar-refractivity contribution in [2.75, 3.05) is 0 Å². The molecule has 15 heavy (non-hydrogen) atoms. The van der Waals surface area contributed by atoms with Crippen molar-refractivity contribution in [3.8, 4) is 0 Å². The largest absolute Gasteiger partial charge is 0.308 e. The van der Waals surface area contributed by atoms with Crippen LogP contribution in [0, 0.1) is 0 Å². The molecule has 1 heterocycles. The Kier molecular flexibility index (Phi) is 3.69. The van der Waals surface area contributed by atoms with E-state index in [9.17, 15) is 0 Å². The average Bonchev–Trinajstić information content (AvgIpc) is 2.81. The third kappa shape index (κ3) is 2.76. The topological polar surface area (TPSA) is 63.3 Å². The quantitative estimate of drug-likeness (QED) is 0.348. The van der Waals surface area contributed by atoms with Crippen LogP contribution in [0.2, 0.25) is 0 Å². The molecule has 0 atom stereocenters. The van der Waals surface area contributed by atoms with Gasteiger partial charge in [-0.25, -0.2) is 5.84 Å². The van der Waals surface area contributed by atoms with Gasteiger partial charge in [0.15, 0.2) is 5.84 Å². The molecule has 1 aromatic rings. The number of thiazole rings is 1. The molecule has 5 heteroatoms. The van der Waals surface area contributed by atoms with Crippen molar-refractivity contribution in [3.63, 3.8) is 0 Å². The van der Waals surface area contributed by atoms with E-state index in [1.54, 1.807) is 23.0 Å². The van der Waals surface area contributed by atoms with Crippen LogP contribution in [0.3, 0.4) is 0 Å². The number of hydrogen-bond donors (Lipinski definition) is 2. The van der Waals surface area contributed by atoms with E-state index in [4.69, 9.17) is 5.84 Å². The van der Waals surface area contributed by atoms with Gasteiger partial charge in [0.2, 0.25) is 0 Å². The number of amidine groups is 1. The molecule has 0 radical (unpaired) electrons. The van der Waals surface area contributed by atoms with Crippen molar-refractivity contribution >= 4 is 17.2 Å². The van der Waals surface area contributed by atoms with Crippen LogP contribution in [-0.2, 0) is 0 Å². The lowest BCUT2D eigenvalue weighted by Gasteiger charge is -2.18. The first-order valence-electron chi connectivity index (χ1n) is 5.33. The molecule has 1 saturated carbocycles. The molecule has 0 aliphatic heterocycles. The molecule has 1 aromatic heterocycles. The van der Waals surface area contributed by atoms with Crippen molar-refractivity contribution in [3.05, 3.63) is 16.6 Å². The monoisotopic (exact) mass is 224 g/mol. The number of hydrogen-bond acceptors (Lipinski definition) is 4. The van der Waals surface area contributed by atoms with E-state index < -0.39 is 0 Å². The second-order valence-corrected chi connectivity index (χ2v) is 4.67. The molecule has 82 valence electrons. The highest BCUT2D eigenvalue weighted by molar-refractivity contribution is 7.11. The maximum absolute atomic E-state index is 5.48. The van der Waals surface area contributed by atoms with Gasteiger partial charge in [-0.15, -0.1) is 11.3 Å². The highest BCUT2D eigenvalue weighted by Gasteiger charge is 2.14.